The van der Waals surface area contributed by atoms with E-state index in [9.17, 15) is 4.79 Å². The molecule has 3 heteroatoms. The lowest BCUT2D eigenvalue weighted by Gasteiger charge is -2.01. The number of fused-ring (bicyclic) bond motifs is 1. The Morgan fingerprint density at radius 2 is 1.60 bits per heavy atom. The zero-order valence-electron chi connectivity index (χ0n) is 10.5. The normalized spacial score (nSPS) is 11.2. The van der Waals surface area contributed by atoms with Gasteiger partial charge in [0.1, 0.15) is 15.8 Å². The molecule has 3 rings (SSSR count). The van der Waals surface area contributed by atoms with Crippen LogP contribution in [0.2, 0.25) is 0 Å². The molecule has 0 aliphatic carbocycles. The molecule has 0 saturated carbocycles. The van der Waals surface area contributed by atoms with Gasteiger partial charge >= 0.3 is 0 Å². The van der Waals surface area contributed by atoms with Crippen LogP contribution in [0.3, 0.4) is 0 Å². The number of para-hydroxylation sites is 1. The van der Waals surface area contributed by atoms with Crippen molar-refractivity contribution in [2.75, 3.05) is 0 Å². The second-order valence-corrected chi connectivity index (χ2v) is 5.14. The molecule has 0 saturated heterocycles. The van der Waals surface area contributed by atoms with Crippen LogP contribution in [-0.2, 0) is 0 Å². The van der Waals surface area contributed by atoms with Gasteiger partial charge in [-0.25, -0.2) is 0 Å². The molecule has 98 valence electrons. The van der Waals surface area contributed by atoms with Crippen molar-refractivity contribution in [1.82, 2.24) is 0 Å². The van der Waals surface area contributed by atoms with Gasteiger partial charge in [-0.2, -0.15) is 0 Å². The Bertz CT molecular complexity index is 832. The van der Waals surface area contributed by atoms with E-state index in [1.807, 2.05) is 48.5 Å². The monoisotopic (exact) mass is 326 g/mol. The molecule has 0 N–H and O–H groups in total. The van der Waals surface area contributed by atoms with Gasteiger partial charge in [0.25, 0.3) is 0 Å². The lowest BCUT2D eigenvalue weighted by atomic mass is 10.2. The van der Waals surface area contributed by atoms with Crippen LogP contribution in [0.25, 0.3) is 23.1 Å². The number of hydrogen-bond acceptors (Lipinski definition) is 2. The van der Waals surface area contributed by atoms with Crippen molar-refractivity contribution in [3.8, 4) is 0 Å². The third kappa shape index (κ3) is 2.45. The Morgan fingerprint density at radius 1 is 0.900 bits per heavy atom. The Balaban J connectivity index is 2.11. The summed E-state index contributed by atoms with van der Waals surface area (Å²) in [7, 11) is 0. The average molecular weight is 327 g/mol. The highest BCUT2D eigenvalue weighted by Gasteiger charge is 2.09. The van der Waals surface area contributed by atoms with Crippen molar-refractivity contribution < 1.29 is 4.42 Å². The maximum absolute atomic E-state index is 12.2. The molecular formula is C17H11BrO2. The number of rotatable bonds is 2. The molecule has 0 atom stereocenters. The van der Waals surface area contributed by atoms with Crippen LogP contribution in [0.15, 0.2) is 68.3 Å². The molecule has 0 aliphatic heterocycles. The van der Waals surface area contributed by atoms with Crippen molar-refractivity contribution in [2.24, 2.45) is 0 Å². The van der Waals surface area contributed by atoms with Crippen LogP contribution in [0, 0.1) is 0 Å². The molecule has 0 unspecified atom stereocenters. The molecule has 0 amide bonds. The Hall–Kier alpha value is -2.13. The fraction of sp³-hybridized carbons (Fsp3) is 0. The minimum atomic E-state index is -0.0560. The topological polar surface area (TPSA) is 30.2 Å². The minimum absolute atomic E-state index is 0.0560. The van der Waals surface area contributed by atoms with Crippen LogP contribution in [0.4, 0.5) is 0 Å². The average Bonchev–Trinajstić information content (AvgIpc) is 2.50. The standard InChI is InChI=1S/C17H11BrO2/c18-16-15(11-10-12-6-2-1-3-7-12)20-14-9-5-4-8-13(14)17(16)19/h1-11H/b11-10-. The highest BCUT2D eigenvalue weighted by Crippen LogP contribution is 2.21. The van der Waals surface area contributed by atoms with Crippen molar-refractivity contribution >= 4 is 39.1 Å². The van der Waals surface area contributed by atoms with E-state index >= 15 is 0 Å². The van der Waals surface area contributed by atoms with Gasteiger partial charge in [0.2, 0.25) is 5.43 Å². The minimum Gasteiger partial charge on any atom is -0.455 e. The fourth-order valence-corrected chi connectivity index (χ4v) is 2.41. The molecular weight excluding hydrogens is 316 g/mol. The van der Waals surface area contributed by atoms with Gasteiger partial charge in [-0.3, -0.25) is 4.79 Å². The summed E-state index contributed by atoms with van der Waals surface area (Å²) in [5, 5.41) is 0.580. The molecule has 0 aliphatic rings. The largest absolute Gasteiger partial charge is 0.455 e. The van der Waals surface area contributed by atoms with E-state index in [2.05, 4.69) is 15.9 Å². The lowest BCUT2D eigenvalue weighted by molar-refractivity contribution is 0.587. The van der Waals surface area contributed by atoms with Crippen molar-refractivity contribution in [2.45, 2.75) is 0 Å². The van der Waals surface area contributed by atoms with Gasteiger partial charge in [-0.1, -0.05) is 48.5 Å². The Kier molecular flexibility index (Phi) is 3.52. The summed E-state index contributed by atoms with van der Waals surface area (Å²) in [6, 6.07) is 17.1. The SMILES string of the molecule is O=c1c(Br)c(/C=C\c2ccccc2)oc2ccccc12. The van der Waals surface area contributed by atoms with Gasteiger partial charge < -0.3 is 4.42 Å². The summed E-state index contributed by atoms with van der Waals surface area (Å²) in [5.74, 6) is 0.526. The first-order valence-corrected chi connectivity index (χ1v) is 6.99. The number of halogens is 1. The second-order valence-electron chi connectivity index (χ2n) is 4.35. The highest BCUT2D eigenvalue weighted by atomic mass is 79.9. The molecule has 3 aromatic rings. The van der Waals surface area contributed by atoms with Crippen LogP contribution >= 0.6 is 15.9 Å². The van der Waals surface area contributed by atoms with E-state index in [4.69, 9.17) is 4.42 Å². The van der Waals surface area contributed by atoms with Crippen molar-refractivity contribution in [3.05, 3.63) is 80.6 Å². The van der Waals surface area contributed by atoms with E-state index in [1.54, 1.807) is 18.2 Å². The summed E-state index contributed by atoms with van der Waals surface area (Å²) in [4.78, 5) is 12.2. The fourth-order valence-electron chi connectivity index (χ4n) is 1.98. The molecule has 0 spiro atoms. The quantitative estimate of drug-likeness (QED) is 0.681. The van der Waals surface area contributed by atoms with Crippen LogP contribution in [0.1, 0.15) is 11.3 Å². The summed E-state index contributed by atoms with van der Waals surface area (Å²) in [6.07, 6.45) is 3.71. The van der Waals surface area contributed by atoms with E-state index in [0.717, 1.165) is 5.56 Å². The smallest absolute Gasteiger partial charge is 0.207 e. The first-order chi connectivity index (χ1) is 9.75. The molecule has 2 aromatic carbocycles. The summed E-state index contributed by atoms with van der Waals surface area (Å²) in [6.45, 7) is 0. The molecule has 2 nitrogen and oxygen atoms in total. The van der Waals surface area contributed by atoms with E-state index < -0.39 is 0 Å². The third-order valence-electron chi connectivity index (χ3n) is 2.99. The molecule has 1 aromatic heterocycles. The van der Waals surface area contributed by atoms with Gasteiger partial charge in [0, 0.05) is 0 Å². The summed E-state index contributed by atoms with van der Waals surface area (Å²) in [5.41, 5.74) is 1.59. The first-order valence-electron chi connectivity index (χ1n) is 6.20. The van der Waals surface area contributed by atoms with Crippen LogP contribution in [0.5, 0.6) is 0 Å². The number of benzene rings is 2. The van der Waals surface area contributed by atoms with E-state index in [0.29, 0.717) is 21.2 Å². The van der Waals surface area contributed by atoms with Gasteiger partial charge in [0.15, 0.2) is 0 Å². The van der Waals surface area contributed by atoms with Crippen molar-refractivity contribution in [1.29, 1.82) is 0 Å². The second kappa shape index (κ2) is 5.47. The zero-order valence-corrected chi connectivity index (χ0v) is 12.1. The van der Waals surface area contributed by atoms with Gasteiger partial charge in [-0.15, -0.1) is 0 Å². The van der Waals surface area contributed by atoms with Gasteiger partial charge in [-0.05, 0) is 39.7 Å². The van der Waals surface area contributed by atoms with Crippen molar-refractivity contribution in [3.63, 3.8) is 0 Å². The lowest BCUT2D eigenvalue weighted by Crippen LogP contribution is -2.03. The predicted molar refractivity (Wildman–Crippen MR) is 85.6 cm³/mol. The highest BCUT2D eigenvalue weighted by molar-refractivity contribution is 9.10. The van der Waals surface area contributed by atoms with E-state index in [1.165, 1.54) is 0 Å². The zero-order chi connectivity index (χ0) is 13.9. The van der Waals surface area contributed by atoms with Crippen LogP contribution < -0.4 is 5.43 Å². The summed E-state index contributed by atoms with van der Waals surface area (Å²) < 4.78 is 6.21. The first kappa shape index (κ1) is 12.9. The maximum Gasteiger partial charge on any atom is 0.207 e. The summed E-state index contributed by atoms with van der Waals surface area (Å²) >= 11 is 3.32. The molecule has 0 fully saturated rings. The van der Waals surface area contributed by atoms with Gasteiger partial charge in [0.05, 0.1) is 5.39 Å². The maximum atomic E-state index is 12.2. The Morgan fingerprint density at radius 3 is 2.40 bits per heavy atom. The van der Waals surface area contributed by atoms with E-state index in [-0.39, 0.29) is 5.43 Å². The molecule has 0 bridgehead atoms. The Labute approximate surface area is 124 Å². The molecule has 1 heterocycles. The number of hydrogen-bond donors (Lipinski definition) is 0. The molecule has 20 heavy (non-hydrogen) atoms. The predicted octanol–water partition coefficient (Wildman–Crippen LogP) is 4.73. The third-order valence-corrected chi connectivity index (χ3v) is 3.74. The van der Waals surface area contributed by atoms with Crippen LogP contribution in [-0.4, -0.2) is 0 Å². The molecule has 0 radical (unpaired) electrons.